The number of hydrogen-bond donors (Lipinski definition) is 1. The lowest BCUT2D eigenvalue weighted by Gasteiger charge is -2.17. The van der Waals surface area contributed by atoms with Gasteiger partial charge in [0.25, 0.3) is 0 Å². The number of likely N-dealkylation sites (tertiary alicyclic amines) is 1. The number of carbonyl (C=O) groups is 1. The van der Waals surface area contributed by atoms with Crippen LogP contribution in [0, 0.1) is 18.6 Å². The van der Waals surface area contributed by atoms with Gasteiger partial charge in [-0.3, -0.25) is 14.8 Å². The Morgan fingerprint density at radius 3 is 2.77 bits per heavy atom. The van der Waals surface area contributed by atoms with Gasteiger partial charge in [0, 0.05) is 42.5 Å². The Hall–Kier alpha value is -3.35. The van der Waals surface area contributed by atoms with Crippen LogP contribution < -0.4 is 5.73 Å². The lowest BCUT2D eigenvalue weighted by atomic mass is 10.0. The molecule has 1 saturated heterocycles. The maximum absolute atomic E-state index is 14.1. The molecular weight excluding hydrogens is 386 g/mol. The fourth-order valence-electron chi connectivity index (χ4n) is 3.74. The first-order valence-corrected chi connectivity index (χ1v) is 9.82. The normalized spacial score (nSPS) is 16.1. The van der Waals surface area contributed by atoms with Crippen LogP contribution in [0.25, 0.3) is 11.3 Å². The van der Waals surface area contributed by atoms with E-state index in [0.717, 1.165) is 23.7 Å². The third-order valence-electron chi connectivity index (χ3n) is 5.48. The van der Waals surface area contributed by atoms with Gasteiger partial charge in [-0.05, 0) is 49.2 Å². The lowest BCUT2D eigenvalue weighted by molar-refractivity contribution is -0.129. The predicted octanol–water partition coefficient (Wildman–Crippen LogP) is 3.87. The van der Waals surface area contributed by atoms with Crippen LogP contribution in [0.1, 0.15) is 29.3 Å². The molecule has 30 heavy (non-hydrogen) atoms. The SMILES string of the molecule is Cc1ccc(C2CCN(C(=O)Cc3nc(-c4ccc(F)cc4F)ccc3N)C2)cn1. The number of nitrogen functional groups attached to an aromatic ring is 1. The number of pyridine rings is 2. The molecule has 1 fully saturated rings. The highest BCUT2D eigenvalue weighted by molar-refractivity contribution is 5.80. The summed E-state index contributed by atoms with van der Waals surface area (Å²) in [5.74, 6) is -1.19. The minimum atomic E-state index is -0.710. The minimum absolute atomic E-state index is 0.0291. The lowest BCUT2D eigenvalue weighted by Crippen LogP contribution is -2.30. The van der Waals surface area contributed by atoms with Gasteiger partial charge in [-0.15, -0.1) is 0 Å². The summed E-state index contributed by atoms with van der Waals surface area (Å²) in [5.41, 5.74) is 9.34. The molecule has 1 atom stereocenters. The summed E-state index contributed by atoms with van der Waals surface area (Å²) in [7, 11) is 0. The number of aryl methyl sites for hydroxylation is 1. The van der Waals surface area contributed by atoms with E-state index in [1.807, 2.05) is 19.2 Å². The average Bonchev–Trinajstić information content (AvgIpc) is 3.21. The predicted molar refractivity (Wildman–Crippen MR) is 111 cm³/mol. The first-order valence-electron chi connectivity index (χ1n) is 9.82. The molecule has 3 heterocycles. The van der Waals surface area contributed by atoms with Gasteiger partial charge < -0.3 is 10.6 Å². The van der Waals surface area contributed by atoms with E-state index in [1.54, 1.807) is 17.0 Å². The van der Waals surface area contributed by atoms with Crippen LogP contribution in [-0.2, 0) is 11.2 Å². The first kappa shape index (κ1) is 19.9. The van der Waals surface area contributed by atoms with Crippen molar-refractivity contribution in [2.24, 2.45) is 0 Å². The van der Waals surface area contributed by atoms with Crippen molar-refractivity contribution in [2.75, 3.05) is 18.8 Å². The quantitative estimate of drug-likeness (QED) is 0.711. The van der Waals surface area contributed by atoms with Crippen molar-refractivity contribution < 1.29 is 13.6 Å². The summed E-state index contributed by atoms with van der Waals surface area (Å²) < 4.78 is 27.3. The van der Waals surface area contributed by atoms with Crippen LogP contribution in [0.2, 0.25) is 0 Å². The molecule has 5 nitrogen and oxygen atoms in total. The molecule has 0 spiro atoms. The Morgan fingerprint density at radius 1 is 1.20 bits per heavy atom. The molecule has 3 aromatic rings. The van der Waals surface area contributed by atoms with Crippen LogP contribution in [0.5, 0.6) is 0 Å². The topological polar surface area (TPSA) is 72.1 Å². The van der Waals surface area contributed by atoms with E-state index in [1.165, 1.54) is 12.1 Å². The summed E-state index contributed by atoms with van der Waals surface area (Å²) in [6, 6.07) is 10.5. The van der Waals surface area contributed by atoms with E-state index in [0.29, 0.717) is 30.2 Å². The Balaban J connectivity index is 1.49. The number of halogens is 2. The van der Waals surface area contributed by atoms with Gasteiger partial charge in [0.1, 0.15) is 11.6 Å². The smallest absolute Gasteiger partial charge is 0.228 e. The molecule has 4 rings (SSSR count). The maximum Gasteiger partial charge on any atom is 0.228 e. The van der Waals surface area contributed by atoms with Crippen molar-refractivity contribution in [2.45, 2.75) is 25.7 Å². The van der Waals surface area contributed by atoms with Gasteiger partial charge in [0.2, 0.25) is 5.91 Å². The van der Waals surface area contributed by atoms with Crippen molar-refractivity contribution in [3.63, 3.8) is 0 Å². The molecule has 1 unspecified atom stereocenters. The fourth-order valence-corrected chi connectivity index (χ4v) is 3.74. The van der Waals surface area contributed by atoms with E-state index in [-0.39, 0.29) is 23.8 Å². The molecule has 1 aromatic carbocycles. The Labute approximate surface area is 173 Å². The van der Waals surface area contributed by atoms with Crippen LogP contribution in [0.3, 0.4) is 0 Å². The highest BCUT2D eigenvalue weighted by Crippen LogP contribution is 2.28. The fraction of sp³-hybridized carbons (Fsp3) is 0.261. The molecule has 2 aromatic heterocycles. The Bertz CT molecular complexity index is 1090. The van der Waals surface area contributed by atoms with E-state index in [9.17, 15) is 13.6 Å². The summed E-state index contributed by atoms with van der Waals surface area (Å²) in [6.45, 7) is 3.22. The second-order valence-corrected chi connectivity index (χ2v) is 7.59. The first-order chi connectivity index (χ1) is 14.4. The second kappa shape index (κ2) is 8.18. The summed E-state index contributed by atoms with van der Waals surface area (Å²) in [6.07, 6.45) is 2.77. The van der Waals surface area contributed by atoms with E-state index in [4.69, 9.17) is 5.73 Å². The van der Waals surface area contributed by atoms with Crippen LogP contribution in [0.15, 0.2) is 48.7 Å². The number of aromatic nitrogens is 2. The van der Waals surface area contributed by atoms with Crippen molar-refractivity contribution in [3.05, 3.63) is 77.2 Å². The van der Waals surface area contributed by atoms with Gasteiger partial charge in [0.15, 0.2) is 0 Å². The number of hydrogen-bond acceptors (Lipinski definition) is 4. The zero-order chi connectivity index (χ0) is 21.3. The molecule has 0 aliphatic carbocycles. The van der Waals surface area contributed by atoms with E-state index < -0.39 is 11.6 Å². The van der Waals surface area contributed by atoms with Gasteiger partial charge in [-0.1, -0.05) is 6.07 Å². The summed E-state index contributed by atoms with van der Waals surface area (Å²) in [4.78, 5) is 23.4. The number of benzene rings is 1. The number of carbonyl (C=O) groups excluding carboxylic acids is 1. The zero-order valence-electron chi connectivity index (χ0n) is 16.6. The van der Waals surface area contributed by atoms with Crippen molar-refractivity contribution in [1.29, 1.82) is 0 Å². The Kier molecular flexibility index (Phi) is 5.44. The molecule has 0 bridgehead atoms. The largest absolute Gasteiger partial charge is 0.397 e. The number of rotatable bonds is 4. The van der Waals surface area contributed by atoms with Gasteiger partial charge in [-0.25, -0.2) is 8.78 Å². The zero-order valence-corrected chi connectivity index (χ0v) is 16.6. The molecule has 1 amide bonds. The monoisotopic (exact) mass is 408 g/mol. The molecule has 7 heteroatoms. The molecule has 2 N–H and O–H groups in total. The third-order valence-corrected chi connectivity index (χ3v) is 5.48. The van der Waals surface area contributed by atoms with Crippen LogP contribution in [0.4, 0.5) is 14.5 Å². The van der Waals surface area contributed by atoms with E-state index >= 15 is 0 Å². The summed E-state index contributed by atoms with van der Waals surface area (Å²) >= 11 is 0. The molecule has 0 radical (unpaired) electrons. The maximum atomic E-state index is 14.1. The number of anilines is 1. The Morgan fingerprint density at radius 2 is 2.03 bits per heavy atom. The molecule has 154 valence electrons. The van der Waals surface area contributed by atoms with Crippen LogP contribution in [-0.4, -0.2) is 33.9 Å². The number of nitrogens with two attached hydrogens (primary N) is 1. The van der Waals surface area contributed by atoms with Crippen molar-refractivity contribution in [1.82, 2.24) is 14.9 Å². The third kappa shape index (κ3) is 4.15. The summed E-state index contributed by atoms with van der Waals surface area (Å²) in [5, 5.41) is 0. The minimum Gasteiger partial charge on any atom is -0.397 e. The highest BCUT2D eigenvalue weighted by Gasteiger charge is 2.28. The molecule has 1 aliphatic rings. The van der Waals surface area contributed by atoms with Gasteiger partial charge in [0.05, 0.1) is 23.5 Å². The molecular formula is C23H22F2N4O. The molecule has 0 saturated carbocycles. The average molecular weight is 408 g/mol. The standard InChI is InChI=1S/C23H22F2N4O/c1-14-2-3-15(12-27-14)16-8-9-29(13-16)23(30)11-22-20(26)6-7-21(28-22)18-5-4-17(24)10-19(18)25/h2-7,10,12,16H,8-9,11,13,26H2,1H3. The second-order valence-electron chi connectivity index (χ2n) is 7.59. The van der Waals surface area contributed by atoms with Gasteiger partial charge >= 0.3 is 0 Å². The van der Waals surface area contributed by atoms with Crippen molar-refractivity contribution >= 4 is 11.6 Å². The number of nitrogens with zero attached hydrogens (tertiary/aromatic N) is 3. The van der Waals surface area contributed by atoms with Crippen LogP contribution >= 0.6 is 0 Å². The molecule has 1 aliphatic heterocycles. The highest BCUT2D eigenvalue weighted by atomic mass is 19.1. The van der Waals surface area contributed by atoms with Gasteiger partial charge in [-0.2, -0.15) is 0 Å². The number of amides is 1. The van der Waals surface area contributed by atoms with Crippen molar-refractivity contribution in [3.8, 4) is 11.3 Å². The van der Waals surface area contributed by atoms with E-state index in [2.05, 4.69) is 16.0 Å².